The maximum atomic E-state index is 5.52. The number of ether oxygens (including phenoxy) is 1. The zero-order valence-electron chi connectivity index (χ0n) is 9.62. The van der Waals surface area contributed by atoms with Crippen molar-refractivity contribution in [3.05, 3.63) is 0 Å². The van der Waals surface area contributed by atoms with Gasteiger partial charge in [0.25, 0.3) is 0 Å². The monoisotopic (exact) mass is 217 g/mol. The summed E-state index contributed by atoms with van der Waals surface area (Å²) >= 11 is -0.297. The standard InChI is InChI=1S/C7H15O2.C3H7O.Al/c1-3-4-5-9-7(2)6-8;1-2-3-4;/h7H,3-6H2,1-2H3;2-3H2,1H3;/q2*-1;+2. The van der Waals surface area contributed by atoms with E-state index in [1.54, 1.807) is 0 Å². The van der Waals surface area contributed by atoms with Gasteiger partial charge in [0.2, 0.25) is 0 Å². The molecule has 0 fully saturated rings. The normalized spacial score (nSPS) is 12.8. The Hall–Kier alpha value is 0.412. The quantitative estimate of drug-likeness (QED) is 0.414. The Morgan fingerprint density at radius 1 is 1.07 bits per heavy atom. The molecule has 0 heterocycles. The van der Waals surface area contributed by atoms with E-state index in [-0.39, 0.29) is 22.0 Å². The van der Waals surface area contributed by atoms with E-state index in [1.807, 2.05) is 6.92 Å². The van der Waals surface area contributed by atoms with Gasteiger partial charge < -0.3 is 12.3 Å². The second-order valence-corrected chi connectivity index (χ2v) is 4.19. The third-order valence-electron chi connectivity index (χ3n) is 1.69. The molecular weight excluding hydrogens is 195 g/mol. The van der Waals surface area contributed by atoms with Crippen LogP contribution in [0, 0.1) is 0 Å². The Morgan fingerprint density at radius 3 is 2.50 bits per heavy atom. The van der Waals surface area contributed by atoms with Gasteiger partial charge in [-0.05, 0) is 19.8 Å². The van der Waals surface area contributed by atoms with Gasteiger partial charge in [0.15, 0.2) is 0 Å². The van der Waals surface area contributed by atoms with Gasteiger partial charge in [0.1, 0.15) is 0 Å². The molecule has 0 saturated heterocycles. The van der Waals surface area contributed by atoms with Crippen LogP contribution in [0.5, 0.6) is 0 Å². The Kier molecular flexibility index (Phi) is 11.8. The van der Waals surface area contributed by atoms with E-state index in [0.717, 1.165) is 26.1 Å². The van der Waals surface area contributed by atoms with E-state index in [2.05, 4.69) is 13.8 Å². The number of hydrogen-bond acceptors (Lipinski definition) is 3. The van der Waals surface area contributed by atoms with Crippen LogP contribution < -0.4 is 0 Å². The lowest BCUT2D eigenvalue weighted by Gasteiger charge is -2.13. The lowest BCUT2D eigenvalue weighted by Crippen LogP contribution is -2.19. The van der Waals surface area contributed by atoms with E-state index in [0.29, 0.717) is 6.61 Å². The molecule has 1 unspecified atom stereocenters. The smallest absolute Gasteiger partial charge is 0.484 e. The lowest BCUT2D eigenvalue weighted by molar-refractivity contribution is 0.0258. The molecule has 0 N–H and O–H groups in total. The first-order chi connectivity index (χ1) is 6.81. The zero-order valence-corrected chi connectivity index (χ0v) is 10.8. The van der Waals surface area contributed by atoms with Gasteiger partial charge in [-0.25, -0.2) is 0 Å². The van der Waals surface area contributed by atoms with Crippen LogP contribution in [0.25, 0.3) is 0 Å². The summed E-state index contributed by atoms with van der Waals surface area (Å²) in [5.41, 5.74) is 0. The van der Waals surface area contributed by atoms with Crippen molar-refractivity contribution in [2.24, 2.45) is 0 Å². The number of hydrogen-bond donors (Lipinski definition) is 0. The van der Waals surface area contributed by atoms with Gasteiger partial charge in [-0.3, -0.25) is 0 Å². The maximum Gasteiger partial charge on any atom is 0.668 e. The van der Waals surface area contributed by atoms with Gasteiger partial charge in [0.05, 0.1) is 6.10 Å². The van der Waals surface area contributed by atoms with Crippen LogP contribution in [0.3, 0.4) is 0 Å². The minimum Gasteiger partial charge on any atom is -0.484 e. The van der Waals surface area contributed by atoms with Crippen LogP contribution in [-0.2, 0) is 12.3 Å². The van der Waals surface area contributed by atoms with Gasteiger partial charge in [-0.2, -0.15) is 0 Å². The first kappa shape index (κ1) is 14.4. The molecule has 1 atom stereocenters. The van der Waals surface area contributed by atoms with Crippen LogP contribution in [0.1, 0.15) is 40.0 Å². The minimum atomic E-state index is -0.297. The van der Waals surface area contributed by atoms with Crippen LogP contribution in [0.2, 0.25) is 0 Å². The van der Waals surface area contributed by atoms with E-state index in [4.69, 9.17) is 12.3 Å². The zero-order chi connectivity index (χ0) is 10.6. The Morgan fingerprint density at radius 2 is 1.86 bits per heavy atom. The molecule has 0 aliphatic heterocycles. The third-order valence-corrected chi connectivity index (χ3v) is 2.39. The summed E-state index contributed by atoms with van der Waals surface area (Å²) in [7, 11) is 0. The molecule has 0 saturated carbocycles. The highest BCUT2D eigenvalue weighted by Gasteiger charge is 2.03. The summed E-state index contributed by atoms with van der Waals surface area (Å²) in [5, 5.41) is 0. The molecule has 0 amide bonds. The summed E-state index contributed by atoms with van der Waals surface area (Å²) in [5.74, 6) is 0. The predicted octanol–water partition coefficient (Wildman–Crippen LogP) is 2.17. The van der Waals surface area contributed by atoms with Gasteiger partial charge >= 0.3 is 15.9 Å². The van der Waals surface area contributed by atoms with E-state index in [9.17, 15) is 0 Å². The molecule has 0 aliphatic carbocycles. The second-order valence-electron chi connectivity index (χ2n) is 3.34. The minimum absolute atomic E-state index is 0.194. The first-order valence-corrected chi connectivity index (χ1v) is 6.42. The third kappa shape index (κ3) is 10.5. The van der Waals surface area contributed by atoms with Gasteiger partial charge in [-0.1, -0.05) is 20.3 Å². The fourth-order valence-corrected chi connectivity index (χ4v) is 1.64. The van der Waals surface area contributed by atoms with Crippen molar-refractivity contribution in [3.8, 4) is 0 Å². The van der Waals surface area contributed by atoms with Gasteiger partial charge in [-0.15, -0.1) is 0 Å². The van der Waals surface area contributed by atoms with Crippen LogP contribution in [-0.4, -0.2) is 41.8 Å². The van der Waals surface area contributed by atoms with Crippen LogP contribution in [0.4, 0.5) is 0 Å². The topological polar surface area (TPSA) is 27.7 Å². The molecule has 0 rings (SSSR count). The van der Waals surface area contributed by atoms with Crippen molar-refractivity contribution >= 4 is 15.9 Å². The molecule has 0 aromatic heterocycles. The maximum absolute atomic E-state index is 5.52. The van der Waals surface area contributed by atoms with Gasteiger partial charge in [0, 0.05) is 19.8 Å². The Labute approximate surface area is 94.5 Å². The van der Waals surface area contributed by atoms with Crippen LogP contribution >= 0.6 is 0 Å². The Bertz CT molecular complexity index is 112. The van der Waals surface area contributed by atoms with E-state index < -0.39 is 0 Å². The van der Waals surface area contributed by atoms with Crippen molar-refractivity contribution in [2.45, 2.75) is 46.1 Å². The van der Waals surface area contributed by atoms with E-state index >= 15 is 0 Å². The summed E-state index contributed by atoms with van der Waals surface area (Å²) in [6.07, 6.45) is 3.56. The molecule has 0 aromatic carbocycles. The molecule has 0 bridgehead atoms. The van der Waals surface area contributed by atoms with Crippen molar-refractivity contribution in [2.75, 3.05) is 19.8 Å². The Balaban J connectivity index is 3.06. The van der Waals surface area contributed by atoms with Crippen molar-refractivity contribution in [1.82, 2.24) is 0 Å². The largest absolute Gasteiger partial charge is 0.668 e. The summed E-state index contributed by atoms with van der Waals surface area (Å²) in [6, 6.07) is 0. The lowest BCUT2D eigenvalue weighted by atomic mass is 10.3. The molecule has 4 heteroatoms. The van der Waals surface area contributed by atoms with E-state index in [1.165, 1.54) is 6.42 Å². The SMILES string of the molecule is CCCCOC(C)C[O][Al][O]CCC. The number of rotatable bonds is 10. The van der Waals surface area contributed by atoms with Crippen molar-refractivity contribution in [3.63, 3.8) is 0 Å². The second kappa shape index (κ2) is 11.5. The summed E-state index contributed by atoms with van der Waals surface area (Å²) in [4.78, 5) is 0. The van der Waals surface area contributed by atoms with Crippen LogP contribution in [0.15, 0.2) is 0 Å². The highest BCUT2D eigenvalue weighted by molar-refractivity contribution is 6.17. The molecule has 83 valence electrons. The first-order valence-electron chi connectivity index (χ1n) is 5.47. The fraction of sp³-hybridized carbons (Fsp3) is 1.00. The number of unbranched alkanes of at least 4 members (excludes halogenated alkanes) is 1. The molecule has 3 nitrogen and oxygen atoms in total. The molecule has 0 aliphatic rings. The molecule has 0 spiro atoms. The summed E-state index contributed by atoms with van der Waals surface area (Å²) in [6.45, 7) is 8.59. The average molecular weight is 217 g/mol. The molecule has 14 heavy (non-hydrogen) atoms. The molecular formula is C10H22AlO3. The highest BCUT2D eigenvalue weighted by Crippen LogP contribution is 1.95. The molecule has 0 aromatic rings. The fourth-order valence-electron chi connectivity index (χ4n) is 0.866. The highest BCUT2D eigenvalue weighted by atomic mass is 27.2. The van der Waals surface area contributed by atoms with Crippen molar-refractivity contribution < 1.29 is 12.3 Å². The average Bonchev–Trinajstić information content (AvgIpc) is 2.18. The summed E-state index contributed by atoms with van der Waals surface area (Å²) < 4.78 is 16.2. The van der Waals surface area contributed by atoms with Crippen molar-refractivity contribution in [1.29, 1.82) is 0 Å². The molecule has 1 radical (unpaired) electrons. The predicted molar refractivity (Wildman–Crippen MR) is 58.3 cm³/mol.